The molecule has 1 nitrogen and oxygen atoms in total. The Balaban J connectivity index is 0.000000671. The molecule has 0 saturated carbocycles. The predicted octanol–water partition coefficient (Wildman–Crippen LogP) is 3.93. The molecule has 0 aromatic heterocycles. The highest BCUT2D eigenvalue weighted by Gasteiger charge is 2.32. The van der Waals surface area contributed by atoms with Crippen molar-refractivity contribution in [3.8, 4) is 0 Å². The number of hydrogen-bond donors (Lipinski definition) is 0. The van der Waals surface area contributed by atoms with Crippen molar-refractivity contribution in [3.63, 3.8) is 0 Å². The van der Waals surface area contributed by atoms with Crippen molar-refractivity contribution < 1.29 is 9.13 Å². The van der Waals surface area contributed by atoms with Gasteiger partial charge < -0.3 is 4.74 Å². The van der Waals surface area contributed by atoms with Crippen LogP contribution in [0.1, 0.15) is 53.4 Å². The normalized spacial score (nSPS) is 26.1. The Labute approximate surface area is 81.7 Å². The van der Waals surface area contributed by atoms with Gasteiger partial charge in [0.2, 0.25) is 0 Å². The van der Waals surface area contributed by atoms with Crippen LogP contribution in [0.5, 0.6) is 0 Å². The average molecular weight is 190 g/mol. The van der Waals surface area contributed by atoms with Crippen molar-refractivity contribution in [2.75, 3.05) is 6.61 Å². The van der Waals surface area contributed by atoms with E-state index in [0.717, 1.165) is 19.3 Å². The van der Waals surface area contributed by atoms with E-state index in [1.165, 1.54) is 0 Å². The summed E-state index contributed by atoms with van der Waals surface area (Å²) in [4.78, 5) is 0. The smallest absolute Gasteiger partial charge is 0.198 e. The van der Waals surface area contributed by atoms with Crippen LogP contribution in [-0.2, 0) is 4.74 Å². The maximum absolute atomic E-state index is 12.6. The maximum Gasteiger partial charge on any atom is 0.198 e. The van der Waals surface area contributed by atoms with Gasteiger partial charge in [-0.05, 0) is 24.7 Å². The lowest BCUT2D eigenvalue weighted by atomic mass is 9.78. The fourth-order valence-electron chi connectivity index (χ4n) is 1.65. The molecule has 0 aliphatic carbocycles. The molecule has 80 valence electrons. The molecule has 1 aliphatic heterocycles. The summed E-state index contributed by atoms with van der Waals surface area (Å²) in [5.74, 6) is 0. The van der Waals surface area contributed by atoms with Crippen molar-refractivity contribution >= 4 is 0 Å². The topological polar surface area (TPSA) is 9.23 Å². The summed E-state index contributed by atoms with van der Waals surface area (Å²) in [6, 6.07) is 0. The second-order valence-corrected chi connectivity index (χ2v) is 3.47. The molecule has 1 atom stereocenters. The summed E-state index contributed by atoms with van der Waals surface area (Å²) < 4.78 is 17.6. The Morgan fingerprint density at radius 2 is 1.85 bits per heavy atom. The van der Waals surface area contributed by atoms with E-state index in [0.29, 0.717) is 13.0 Å². The zero-order valence-corrected chi connectivity index (χ0v) is 9.40. The Morgan fingerprint density at radius 1 is 1.31 bits per heavy atom. The Kier molecular flexibility index (Phi) is 6.31. The molecule has 2 heteroatoms. The first-order chi connectivity index (χ1) is 6.22. The Morgan fingerprint density at radius 3 is 2.15 bits per heavy atom. The zero-order chi connectivity index (χ0) is 10.3. The van der Waals surface area contributed by atoms with E-state index in [1.807, 2.05) is 13.8 Å². The van der Waals surface area contributed by atoms with Crippen LogP contribution >= 0.6 is 0 Å². The molecule has 0 amide bonds. The van der Waals surface area contributed by atoms with Gasteiger partial charge in [0, 0.05) is 6.42 Å². The fourth-order valence-corrected chi connectivity index (χ4v) is 1.65. The largest absolute Gasteiger partial charge is 0.347 e. The number of ether oxygens (including phenoxy) is 1. The number of alkyl halides is 1. The molecule has 0 N–H and O–H groups in total. The molecule has 1 saturated heterocycles. The Bertz CT molecular complexity index is 111. The molecular formula is C11H23FO. The summed E-state index contributed by atoms with van der Waals surface area (Å²) in [5.41, 5.74) is 0.280. The number of halogens is 1. The molecule has 1 unspecified atom stereocenters. The molecular weight excluding hydrogens is 167 g/mol. The summed E-state index contributed by atoms with van der Waals surface area (Å²) in [7, 11) is 0. The highest BCUT2D eigenvalue weighted by molar-refractivity contribution is 4.79. The van der Waals surface area contributed by atoms with Crippen molar-refractivity contribution in [2.24, 2.45) is 5.41 Å². The second kappa shape index (κ2) is 6.36. The van der Waals surface area contributed by atoms with Gasteiger partial charge in [0.1, 0.15) is 0 Å². The van der Waals surface area contributed by atoms with E-state index in [-0.39, 0.29) is 5.41 Å². The molecule has 1 rings (SSSR count). The van der Waals surface area contributed by atoms with Gasteiger partial charge in [0.25, 0.3) is 0 Å². The molecule has 0 radical (unpaired) electrons. The summed E-state index contributed by atoms with van der Waals surface area (Å²) in [6.07, 6.45) is 2.79. The first-order valence-electron chi connectivity index (χ1n) is 5.48. The minimum absolute atomic E-state index is 0.280. The van der Waals surface area contributed by atoms with Crippen LogP contribution < -0.4 is 0 Å². The lowest BCUT2D eigenvalue weighted by Crippen LogP contribution is -2.33. The van der Waals surface area contributed by atoms with E-state index < -0.39 is 6.36 Å². The van der Waals surface area contributed by atoms with Crippen LogP contribution in [0.2, 0.25) is 0 Å². The van der Waals surface area contributed by atoms with Gasteiger partial charge in [-0.15, -0.1) is 0 Å². The van der Waals surface area contributed by atoms with Gasteiger partial charge in [-0.3, -0.25) is 0 Å². The van der Waals surface area contributed by atoms with Crippen LogP contribution in [-0.4, -0.2) is 13.0 Å². The SMILES string of the molecule is CC.CCC1(CC)CCC(F)OC1. The van der Waals surface area contributed by atoms with Gasteiger partial charge >= 0.3 is 0 Å². The van der Waals surface area contributed by atoms with E-state index in [2.05, 4.69) is 13.8 Å². The minimum Gasteiger partial charge on any atom is -0.347 e. The van der Waals surface area contributed by atoms with E-state index in [9.17, 15) is 4.39 Å². The number of hydrogen-bond acceptors (Lipinski definition) is 1. The molecule has 1 heterocycles. The van der Waals surface area contributed by atoms with Gasteiger partial charge in [-0.25, -0.2) is 4.39 Å². The van der Waals surface area contributed by atoms with Gasteiger partial charge in [-0.2, -0.15) is 0 Å². The quantitative estimate of drug-likeness (QED) is 0.641. The molecule has 1 aliphatic rings. The second-order valence-electron chi connectivity index (χ2n) is 3.47. The summed E-state index contributed by atoms with van der Waals surface area (Å²) >= 11 is 0. The molecule has 0 spiro atoms. The summed E-state index contributed by atoms with van der Waals surface area (Å²) in [5, 5.41) is 0. The maximum atomic E-state index is 12.6. The van der Waals surface area contributed by atoms with Crippen molar-refractivity contribution in [3.05, 3.63) is 0 Å². The van der Waals surface area contributed by atoms with Crippen LogP contribution in [0.15, 0.2) is 0 Å². The third-order valence-corrected chi connectivity index (χ3v) is 2.97. The highest BCUT2D eigenvalue weighted by Crippen LogP contribution is 2.37. The zero-order valence-electron chi connectivity index (χ0n) is 9.40. The van der Waals surface area contributed by atoms with Crippen LogP contribution in [0.3, 0.4) is 0 Å². The third kappa shape index (κ3) is 3.63. The van der Waals surface area contributed by atoms with Crippen molar-refractivity contribution in [2.45, 2.75) is 59.7 Å². The van der Waals surface area contributed by atoms with E-state index >= 15 is 0 Å². The lowest BCUT2D eigenvalue weighted by Gasteiger charge is -2.36. The van der Waals surface area contributed by atoms with Gasteiger partial charge in [0.15, 0.2) is 6.36 Å². The standard InChI is InChI=1S/C9H17FO.C2H6/c1-3-9(4-2)6-5-8(10)11-7-9;1-2/h8H,3-7H2,1-2H3;1-2H3. The highest BCUT2D eigenvalue weighted by atomic mass is 19.1. The monoisotopic (exact) mass is 190 g/mol. The van der Waals surface area contributed by atoms with Crippen molar-refractivity contribution in [1.82, 2.24) is 0 Å². The average Bonchev–Trinajstić information content (AvgIpc) is 2.23. The van der Waals surface area contributed by atoms with Crippen LogP contribution in [0, 0.1) is 5.41 Å². The first-order valence-corrected chi connectivity index (χ1v) is 5.48. The molecule has 1 fully saturated rings. The molecule has 0 aromatic carbocycles. The number of rotatable bonds is 2. The van der Waals surface area contributed by atoms with E-state index in [1.54, 1.807) is 0 Å². The van der Waals surface area contributed by atoms with Gasteiger partial charge in [0.05, 0.1) is 6.61 Å². The lowest BCUT2D eigenvalue weighted by molar-refractivity contribution is -0.125. The third-order valence-electron chi connectivity index (χ3n) is 2.97. The van der Waals surface area contributed by atoms with Gasteiger partial charge in [-0.1, -0.05) is 27.7 Å². The Hall–Kier alpha value is -0.110. The molecule has 13 heavy (non-hydrogen) atoms. The first kappa shape index (κ1) is 12.9. The minimum atomic E-state index is -0.999. The van der Waals surface area contributed by atoms with E-state index in [4.69, 9.17) is 4.74 Å². The molecule has 0 aromatic rings. The predicted molar refractivity (Wildman–Crippen MR) is 54.4 cm³/mol. The molecule has 0 bridgehead atoms. The fraction of sp³-hybridized carbons (Fsp3) is 1.00. The van der Waals surface area contributed by atoms with Crippen LogP contribution in [0.4, 0.5) is 4.39 Å². The van der Waals surface area contributed by atoms with Crippen molar-refractivity contribution in [1.29, 1.82) is 0 Å². The summed E-state index contributed by atoms with van der Waals surface area (Å²) in [6.45, 7) is 8.93. The van der Waals surface area contributed by atoms with Crippen LogP contribution in [0.25, 0.3) is 0 Å².